The molecule has 1 aromatic carbocycles. The van der Waals surface area contributed by atoms with Crippen molar-refractivity contribution in [3.05, 3.63) is 58.0 Å². The Morgan fingerprint density at radius 2 is 2.04 bits per heavy atom. The number of aromatic nitrogens is 2. The molecule has 0 amide bonds. The fourth-order valence-corrected chi connectivity index (χ4v) is 3.89. The fourth-order valence-electron chi connectivity index (χ4n) is 3.89. The highest BCUT2D eigenvalue weighted by molar-refractivity contribution is 5.77. The Kier molecular flexibility index (Phi) is 5.33. The molecule has 150 valence electrons. The lowest BCUT2D eigenvalue weighted by Crippen LogP contribution is -2.50. The van der Waals surface area contributed by atoms with Gasteiger partial charge in [-0.05, 0) is 24.6 Å². The quantitative estimate of drug-likeness (QED) is 0.511. The van der Waals surface area contributed by atoms with Gasteiger partial charge in [-0.3, -0.25) is 14.7 Å². The molecule has 0 spiro atoms. The van der Waals surface area contributed by atoms with Gasteiger partial charge in [-0.1, -0.05) is 18.7 Å². The van der Waals surface area contributed by atoms with Crippen molar-refractivity contribution < 1.29 is 24.1 Å². The highest BCUT2D eigenvalue weighted by Gasteiger charge is 2.51. The smallest absolute Gasteiger partial charge is 0.313 e. The normalized spacial score (nSPS) is 23.6. The summed E-state index contributed by atoms with van der Waals surface area (Å²) in [7, 11) is 3.02. The zero-order valence-corrected chi connectivity index (χ0v) is 16.1. The van der Waals surface area contributed by atoms with E-state index < -0.39 is 23.4 Å². The maximum absolute atomic E-state index is 12.9. The van der Waals surface area contributed by atoms with Crippen molar-refractivity contribution in [3.8, 4) is 11.5 Å². The molecule has 28 heavy (non-hydrogen) atoms. The zero-order chi connectivity index (χ0) is 20.5. The molecule has 1 aliphatic rings. The largest absolute Gasteiger partial charge is 0.493 e. The number of hydrogen-bond donors (Lipinski definition) is 3. The van der Waals surface area contributed by atoms with E-state index in [4.69, 9.17) is 14.2 Å². The molecule has 3 N–H and O–H groups in total. The number of ether oxygens (including phenoxy) is 3. The third kappa shape index (κ3) is 3.31. The lowest BCUT2D eigenvalue weighted by molar-refractivity contribution is -0.158. The van der Waals surface area contributed by atoms with Gasteiger partial charge in [0.1, 0.15) is 6.61 Å². The van der Waals surface area contributed by atoms with Crippen molar-refractivity contribution in [2.75, 3.05) is 20.8 Å². The van der Waals surface area contributed by atoms with Crippen LogP contribution >= 0.6 is 0 Å². The predicted octanol–water partition coefficient (Wildman–Crippen LogP) is 1.50. The van der Waals surface area contributed by atoms with E-state index in [2.05, 4.69) is 16.8 Å². The van der Waals surface area contributed by atoms with E-state index in [1.54, 1.807) is 25.1 Å². The Labute approximate surface area is 162 Å². The SMILES string of the molecule is C=CCOC(=O)[C@@H]1[C@H](c2ccc(OC)c(OC)c2)c2c([nH][nH]c2=O)C[C@]1(C)O. The van der Waals surface area contributed by atoms with Crippen molar-refractivity contribution in [1.29, 1.82) is 0 Å². The summed E-state index contributed by atoms with van der Waals surface area (Å²) in [6, 6.07) is 5.15. The van der Waals surface area contributed by atoms with Crippen LogP contribution in [0.15, 0.2) is 35.6 Å². The van der Waals surface area contributed by atoms with E-state index in [0.717, 1.165) is 0 Å². The second kappa shape index (κ2) is 7.55. The Hall–Kier alpha value is -3.00. The molecule has 1 aromatic heterocycles. The maximum Gasteiger partial charge on any atom is 0.313 e. The van der Waals surface area contributed by atoms with Crippen LogP contribution in [-0.4, -0.2) is 47.7 Å². The minimum absolute atomic E-state index is 0.0143. The molecule has 2 aromatic rings. The highest BCUT2D eigenvalue weighted by atomic mass is 16.5. The zero-order valence-electron chi connectivity index (χ0n) is 16.1. The van der Waals surface area contributed by atoms with Gasteiger partial charge in [0.2, 0.25) is 0 Å². The van der Waals surface area contributed by atoms with E-state index in [9.17, 15) is 14.7 Å². The van der Waals surface area contributed by atoms with Crippen molar-refractivity contribution in [1.82, 2.24) is 10.2 Å². The average molecular weight is 388 g/mol. The minimum Gasteiger partial charge on any atom is -0.493 e. The monoisotopic (exact) mass is 388 g/mol. The van der Waals surface area contributed by atoms with Gasteiger partial charge in [0.25, 0.3) is 5.56 Å². The number of fused-ring (bicyclic) bond motifs is 1. The molecule has 8 heteroatoms. The molecule has 0 fully saturated rings. The molecule has 3 rings (SSSR count). The fraction of sp³-hybridized carbons (Fsp3) is 0.400. The Morgan fingerprint density at radius 1 is 1.32 bits per heavy atom. The topological polar surface area (TPSA) is 114 Å². The number of rotatable bonds is 6. The van der Waals surface area contributed by atoms with Gasteiger partial charge in [0.15, 0.2) is 11.5 Å². The lowest BCUT2D eigenvalue weighted by atomic mass is 9.66. The average Bonchev–Trinajstić information content (AvgIpc) is 3.03. The summed E-state index contributed by atoms with van der Waals surface area (Å²) < 4.78 is 15.9. The number of carbonyl (C=O) groups excluding carboxylic acids is 1. The Morgan fingerprint density at radius 3 is 2.68 bits per heavy atom. The summed E-state index contributed by atoms with van der Waals surface area (Å²) >= 11 is 0. The number of hydrogen-bond acceptors (Lipinski definition) is 6. The number of aliphatic hydroxyl groups is 1. The third-order valence-corrected chi connectivity index (χ3v) is 5.11. The molecule has 0 aliphatic heterocycles. The van der Waals surface area contributed by atoms with Crippen LogP contribution in [0.1, 0.15) is 29.7 Å². The Bertz CT molecular complexity index is 942. The van der Waals surface area contributed by atoms with Crippen molar-refractivity contribution in [2.45, 2.75) is 24.9 Å². The van der Waals surface area contributed by atoms with E-state index >= 15 is 0 Å². The van der Waals surface area contributed by atoms with Gasteiger partial charge in [0.05, 0.1) is 25.7 Å². The summed E-state index contributed by atoms with van der Waals surface area (Å²) in [6.45, 7) is 5.12. The van der Waals surface area contributed by atoms with E-state index in [0.29, 0.717) is 28.3 Å². The van der Waals surface area contributed by atoms with Gasteiger partial charge in [-0.25, -0.2) is 0 Å². The molecule has 0 radical (unpaired) electrons. The molecule has 0 saturated heterocycles. The summed E-state index contributed by atoms with van der Waals surface area (Å²) in [6.07, 6.45) is 1.56. The van der Waals surface area contributed by atoms with Crippen LogP contribution in [0.3, 0.4) is 0 Å². The first-order valence-electron chi connectivity index (χ1n) is 8.85. The second-order valence-electron chi connectivity index (χ2n) is 6.99. The highest BCUT2D eigenvalue weighted by Crippen LogP contribution is 2.46. The molecule has 0 unspecified atom stereocenters. The molecular formula is C20H24N2O6. The molecular weight excluding hydrogens is 364 g/mol. The first kappa shape index (κ1) is 19.8. The predicted molar refractivity (Wildman–Crippen MR) is 102 cm³/mol. The summed E-state index contributed by atoms with van der Waals surface area (Å²) in [5.74, 6) is -1.35. The molecule has 0 bridgehead atoms. The number of benzene rings is 1. The van der Waals surface area contributed by atoms with Gasteiger partial charge in [0, 0.05) is 23.6 Å². The van der Waals surface area contributed by atoms with Gasteiger partial charge in [-0.15, -0.1) is 0 Å². The third-order valence-electron chi connectivity index (χ3n) is 5.11. The molecule has 1 heterocycles. The van der Waals surface area contributed by atoms with Crippen LogP contribution in [0.4, 0.5) is 0 Å². The number of methoxy groups -OCH3 is 2. The maximum atomic E-state index is 12.9. The van der Waals surface area contributed by atoms with Crippen LogP contribution < -0.4 is 15.0 Å². The molecule has 3 atom stereocenters. The summed E-state index contributed by atoms with van der Waals surface area (Å²) in [4.78, 5) is 25.4. The van der Waals surface area contributed by atoms with Crippen LogP contribution in [0.25, 0.3) is 0 Å². The Balaban J connectivity index is 2.19. The summed E-state index contributed by atoms with van der Waals surface area (Å²) in [5.41, 5.74) is -0.188. The van der Waals surface area contributed by atoms with Crippen molar-refractivity contribution >= 4 is 5.97 Å². The van der Waals surface area contributed by atoms with Gasteiger partial charge < -0.3 is 24.4 Å². The van der Waals surface area contributed by atoms with Gasteiger partial charge in [-0.2, -0.15) is 0 Å². The molecule has 0 saturated carbocycles. The number of carbonyl (C=O) groups is 1. The van der Waals surface area contributed by atoms with E-state index in [-0.39, 0.29) is 18.6 Å². The summed E-state index contributed by atoms with van der Waals surface area (Å²) in [5, 5.41) is 16.5. The van der Waals surface area contributed by atoms with E-state index in [1.165, 1.54) is 20.3 Å². The van der Waals surface area contributed by atoms with Crippen LogP contribution in [0.2, 0.25) is 0 Å². The first-order valence-corrected chi connectivity index (χ1v) is 8.85. The first-order chi connectivity index (χ1) is 13.3. The standard InChI is InChI=1S/C20H24N2O6/c1-5-8-28-19(24)17-15(11-6-7-13(26-3)14(9-11)27-4)16-12(10-20(17,2)25)21-22-18(16)23/h5-7,9,15,17,25H,1,8,10H2,2-4H3,(H2,21,22,23)/t15-,17+,20+/m1/s1. The van der Waals surface area contributed by atoms with Crippen LogP contribution in [0.5, 0.6) is 11.5 Å². The minimum atomic E-state index is -1.44. The van der Waals surface area contributed by atoms with Crippen LogP contribution in [0, 0.1) is 5.92 Å². The number of aromatic amines is 2. The van der Waals surface area contributed by atoms with Crippen molar-refractivity contribution in [3.63, 3.8) is 0 Å². The lowest BCUT2D eigenvalue weighted by Gasteiger charge is -2.40. The van der Waals surface area contributed by atoms with Crippen LogP contribution in [-0.2, 0) is 16.0 Å². The number of nitrogens with one attached hydrogen (secondary N) is 2. The molecule has 1 aliphatic carbocycles. The molecule has 8 nitrogen and oxygen atoms in total. The van der Waals surface area contributed by atoms with Crippen molar-refractivity contribution in [2.24, 2.45) is 5.92 Å². The second-order valence-corrected chi connectivity index (χ2v) is 6.99. The van der Waals surface area contributed by atoms with E-state index in [1.807, 2.05) is 0 Å². The number of H-pyrrole nitrogens is 2. The van der Waals surface area contributed by atoms with Gasteiger partial charge >= 0.3 is 5.97 Å². The number of esters is 1.